The van der Waals surface area contributed by atoms with Gasteiger partial charge >= 0.3 is 0 Å². The second kappa shape index (κ2) is 7.64. The number of rotatable bonds is 7. The smallest absolute Gasteiger partial charge is 0.0102 e. The van der Waals surface area contributed by atoms with Crippen LogP contribution >= 0.6 is 0 Å². The molecule has 1 saturated carbocycles. The lowest BCUT2D eigenvalue weighted by atomic mass is 9.82. The van der Waals surface area contributed by atoms with E-state index in [1.165, 1.54) is 38.6 Å². The van der Waals surface area contributed by atoms with Crippen LogP contribution in [0.5, 0.6) is 0 Å². The van der Waals surface area contributed by atoms with Crippen molar-refractivity contribution in [3.63, 3.8) is 0 Å². The molecule has 3 unspecified atom stereocenters. The van der Waals surface area contributed by atoms with E-state index in [-0.39, 0.29) is 0 Å². The Labute approximate surface area is 121 Å². The van der Waals surface area contributed by atoms with Gasteiger partial charge in [0.25, 0.3) is 0 Å². The summed E-state index contributed by atoms with van der Waals surface area (Å²) in [4.78, 5) is 2.62. The van der Waals surface area contributed by atoms with E-state index in [1.54, 1.807) is 0 Å². The molecule has 0 heterocycles. The summed E-state index contributed by atoms with van der Waals surface area (Å²) >= 11 is 0. The molecule has 0 radical (unpaired) electrons. The van der Waals surface area contributed by atoms with E-state index in [4.69, 9.17) is 0 Å². The fourth-order valence-electron chi connectivity index (χ4n) is 3.35. The molecule has 0 spiro atoms. The Hall–Kier alpha value is -0.0800. The van der Waals surface area contributed by atoms with Gasteiger partial charge in [-0.05, 0) is 51.1 Å². The van der Waals surface area contributed by atoms with E-state index in [0.717, 1.165) is 18.5 Å². The number of hydrogen-bond acceptors (Lipinski definition) is 2. The zero-order valence-corrected chi connectivity index (χ0v) is 14.1. The van der Waals surface area contributed by atoms with Gasteiger partial charge in [-0.3, -0.25) is 0 Å². The molecule has 0 amide bonds. The Morgan fingerprint density at radius 1 is 1.32 bits per heavy atom. The summed E-state index contributed by atoms with van der Waals surface area (Å²) in [5.74, 6) is 0.917. The van der Waals surface area contributed by atoms with Crippen molar-refractivity contribution >= 4 is 0 Å². The Morgan fingerprint density at radius 2 is 2.00 bits per heavy atom. The van der Waals surface area contributed by atoms with Gasteiger partial charge in [-0.25, -0.2) is 0 Å². The molecule has 2 nitrogen and oxygen atoms in total. The summed E-state index contributed by atoms with van der Waals surface area (Å²) < 4.78 is 0. The van der Waals surface area contributed by atoms with E-state index in [0.29, 0.717) is 11.5 Å². The third-order valence-corrected chi connectivity index (χ3v) is 5.06. The lowest BCUT2D eigenvalue weighted by molar-refractivity contribution is 0.0979. The molecule has 1 aliphatic carbocycles. The molecule has 0 bridgehead atoms. The highest BCUT2D eigenvalue weighted by Crippen LogP contribution is 2.29. The van der Waals surface area contributed by atoms with Gasteiger partial charge in [0.2, 0.25) is 0 Å². The van der Waals surface area contributed by atoms with Crippen molar-refractivity contribution in [2.45, 2.75) is 78.8 Å². The van der Waals surface area contributed by atoms with Crippen LogP contribution in [0.1, 0.15) is 66.7 Å². The fourth-order valence-corrected chi connectivity index (χ4v) is 3.35. The zero-order chi connectivity index (χ0) is 14.5. The first-order valence-electron chi connectivity index (χ1n) is 8.30. The predicted molar refractivity (Wildman–Crippen MR) is 85.6 cm³/mol. The number of nitrogens with one attached hydrogen (secondary N) is 1. The molecule has 1 aliphatic rings. The maximum Gasteiger partial charge on any atom is 0.0102 e. The van der Waals surface area contributed by atoms with Gasteiger partial charge in [0.15, 0.2) is 0 Å². The third kappa shape index (κ3) is 5.43. The minimum atomic E-state index is 0.338. The van der Waals surface area contributed by atoms with Crippen LogP contribution in [-0.4, -0.2) is 37.1 Å². The Bertz CT molecular complexity index is 250. The van der Waals surface area contributed by atoms with Crippen LogP contribution in [0, 0.1) is 11.3 Å². The second-order valence-electron chi connectivity index (χ2n) is 7.51. The first-order valence-corrected chi connectivity index (χ1v) is 8.30. The van der Waals surface area contributed by atoms with Crippen LogP contribution in [0.25, 0.3) is 0 Å². The molecule has 0 aliphatic heterocycles. The lowest BCUT2D eigenvalue weighted by Crippen LogP contribution is -2.49. The van der Waals surface area contributed by atoms with Gasteiger partial charge < -0.3 is 10.2 Å². The van der Waals surface area contributed by atoms with Crippen molar-refractivity contribution in [3.8, 4) is 0 Å². The molecule has 2 heteroatoms. The normalized spacial score (nSPS) is 26.7. The fraction of sp³-hybridized carbons (Fsp3) is 1.00. The largest absolute Gasteiger partial charge is 0.314 e. The Morgan fingerprint density at radius 3 is 2.58 bits per heavy atom. The van der Waals surface area contributed by atoms with Crippen molar-refractivity contribution in [2.24, 2.45) is 11.3 Å². The minimum absolute atomic E-state index is 0.338. The van der Waals surface area contributed by atoms with Crippen LogP contribution < -0.4 is 5.32 Å². The second-order valence-corrected chi connectivity index (χ2v) is 7.51. The molecule has 114 valence electrons. The topological polar surface area (TPSA) is 15.3 Å². The molecule has 0 aromatic carbocycles. The van der Waals surface area contributed by atoms with E-state index >= 15 is 0 Å². The minimum Gasteiger partial charge on any atom is -0.314 e. The molecule has 19 heavy (non-hydrogen) atoms. The summed E-state index contributed by atoms with van der Waals surface area (Å²) in [5, 5.41) is 3.66. The highest BCUT2D eigenvalue weighted by atomic mass is 15.1. The SMILES string of the molecule is CCCNC(C)C(C)(C)CN(C)C1CCCC(C)C1. The third-order valence-electron chi connectivity index (χ3n) is 5.06. The molecule has 1 rings (SSSR count). The van der Waals surface area contributed by atoms with Gasteiger partial charge in [0.1, 0.15) is 0 Å². The number of nitrogens with zero attached hydrogens (tertiary/aromatic N) is 1. The number of hydrogen-bond donors (Lipinski definition) is 1. The molecule has 0 aromatic rings. The van der Waals surface area contributed by atoms with E-state index in [9.17, 15) is 0 Å². The molecule has 3 atom stereocenters. The molecular weight excluding hydrogens is 232 g/mol. The highest BCUT2D eigenvalue weighted by molar-refractivity contribution is 4.86. The van der Waals surface area contributed by atoms with E-state index in [2.05, 4.69) is 51.9 Å². The molecular formula is C17H36N2. The van der Waals surface area contributed by atoms with Crippen LogP contribution in [0.4, 0.5) is 0 Å². The average Bonchev–Trinajstić information content (AvgIpc) is 2.35. The van der Waals surface area contributed by atoms with Gasteiger partial charge in [-0.1, -0.05) is 40.5 Å². The summed E-state index contributed by atoms with van der Waals surface area (Å²) in [6, 6.07) is 1.39. The maximum absolute atomic E-state index is 3.66. The van der Waals surface area contributed by atoms with Crippen molar-refractivity contribution in [2.75, 3.05) is 20.1 Å². The molecule has 0 aromatic heterocycles. The van der Waals surface area contributed by atoms with Crippen molar-refractivity contribution in [3.05, 3.63) is 0 Å². The van der Waals surface area contributed by atoms with Crippen LogP contribution in [0.2, 0.25) is 0 Å². The quantitative estimate of drug-likeness (QED) is 0.753. The summed E-state index contributed by atoms with van der Waals surface area (Å²) in [6.07, 6.45) is 6.86. The zero-order valence-electron chi connectivity index (χ0n) is 14.1. The predicted octanol–water partition coefficient (Wildman–Crippen LogP) is 3.91. The van der Waals surface area contributed by atoms with Gasteiger partial charge in [-0.15, -0.1) is 0 Å². The van der Waals surface area contributed by atoms with E-state index < -0.39 is 0 Å². The first-order chi connectivity index (χ1) is 8.86. The average molecular weight is 268 g/mol. The van der Waals surface area contributed by atoms with Gasteiger partial charge in [0.05, 0.1) is 0 Å². The maximum atomic E-state index is 3.66. The Balaban J connectivity index is 2.46. The van der Waals surface area contributed by atoms with Crippen molar-refractivity contribution < 1.29 is 0 Å². The van der Waals surface area contributed by atoms with Gasteiger partial charge in [-0.2, -0.15) is 0 Å². The molecule has 1 N–H and O–H groups in total. The van der Waals surface area contributed by atoms with Crippen LogP contribution in [0.3, 0.4) is 0 Å². The van der Waals surface area contributed by atoms with Crippen molar-refractivity contribution in [1.82, 2.24) is 10.2 Å². The Kier molecular flexibility index (Phi) is 6.82. The first kappa shape index (κ1) is 17.0. The van der Waals surface area contributed by atoms with Gasteiger partial charge in [0, 0.05) is 18.6 Å². The highest BCUT2D eigenvalue weighted by Gasteiger charge is 2.30. The lowest BCUT2D eigenvalue weighted by Gasteiger charge is -2.41. The van der Waals surface area contributed by atoms with Crippen LogP contribution in [-0.2, 0) is 0 Å². The van der Waals surface area contributed by atoms with E-state index in [1.807, 2.05) is 0 Å². The summed E-state index contributed by atoms with van der Waals surface area (Å²) in [6.45, 7) is 14.1. The van der Waals surface area contributed by atoms with Crippen LogP contribution in [0.15, 0.2) is 0 Å². The van der Waals surface area contributed by atoms with Crippen molar-refractivity contribution in [1.29, 1.82) is 0 Å². The summed E-state index contributed by atoms with van der Waals surface area (Å²) in [7, 11) is 2.33. The summed E-state index contributed by atoms with van der Waals surface area (Å²) in [5.41, 5.74) is 0.338. The molecule has 1 fully saturated rings. The molecule has 0 saturated heterocycles. The standard InChI is InChI=1S/C17H36N2/c1-7-11-18-15(3)17(4,5)13-19(6)16-10-8-9-14(2)12-16/h14-16,18H,7-13H2,1-6H3. The monoisotopic (exact) mass is 268 g/mol.